The highest BCUT2D eigenvalue weighted by molar-refractivity contribution is 5.84. The van der Waals surface area contributed by atoms with E-state index in [9.17, 15) is 14.4 Å². The Bertz CT molecular complexity index is 276. The molecule has 0 aliphatic rings. The summed E-state index contributed by atoms with van der Waals surface area (Å²) in [6.07, 6.45) is 0.476. The highest BCUT2D eigenvalue weighted by Gasteiger charge is 2.17. The number of ketones is 1. The molecule has 0 rings (SSSR count). The molecule has 5 nitrogen and oxygen atoms in total. The quantitative estimate of drug-likeness (QED) is 0.706. The minimum atomic E-state index is -0.240. The van der Waals surface area contributed by atoms with E-state index in [2.05, 4.69) is 5.32 Å². The van der Waals surface area contributed by atoms with E-state index < -0.39 is 0 Å². The van der Waals surface area contributed by atoms with Gasteiger partial charge in [0.05, 0.1) is 5.92 Å². The summed E-state index contributed by atoms with van der Waals surface area (Å²) in [6.45, 7) is 3.59. The smallest absolute Gasteiger partial charge is 0.224 e. The minimum Gasteiger partial charge on any atom is -0.359 e. The SMILES string of the molecule is CNC(=O)C(C)CN(C)C(=O)CCC(C)=O. The first-order valence-corrected chi connectivity index (χ1v) is 5.33. The lowest BCUT2D eigenvalue weighted by atomic mass is 10.1. The Morgan fingerprint density at radius 3 is 2.25 bits per heavy atom. The fourth-order valence-corrected chi connectivity index (χ4v) is 1.32. The van der Waals surface area contributed by atoms with Crippen LogP contribution in [0.15, 0.2) is 0 Å². The number of nitrogens with zero attached hydrogens (tertiary/aromatic N) is 1. The van der Waals surface area contributed by atoms with Crippen molar-refractivity contribution >= 4 is 17.6 Å². The summed E-state index contributed by atoms with van der Waals surface area (Å²) in [4.78, 5) is 35.0. The Hall–Kier alpha value is -1.39. The first kappa shape index (κ1) is 14.6. The van der Waals surface area contributed by atoms with E-state index in [-0.39, 0.29) is 36.4 Å². The van der Waals surface area contributed by atoms with Crippen LogP contribution in [0.4, 0.5) is 0 Å². The fourth-order valence-electron chi connectivity index (χ4n) is 1.32. The zero-order valence-corrected chi connectivity index (χ0v) is 10.4. The molecule has 92 valence electrons. The van der Waals surface area contributed by atoms with Crippen molar-refractivity contribution < 1.29 is 14.4 Å². The van der Waals surface area contributed by atoms with Gasteiger partial charge in [0, 0.05) is 33.5 Å². The molecule has 1 N–H and O–H groups in total. The number of amides is 2. The maximum absolute atomic E-state index is 11.5. The third-order valence-corrected chi connectivity index (χ3v) is 2.36. The Labute approximate surface area is 96.2 Å². The molecule has 1 atom stereocenters. The highest BCUT2D eigenvalue weighted by Crippen LogP contribution is 2.02. The molecule has 1 unspecified atom stereocenters. The van der Waals surface area contributed by atoms with Gasteiger partial charge in [-0.2, -0.15) is 0 Å². The van der Waals surface area contributed by atoms with Gasteiger partial charge in [-0.1, -0.05) is 6.92 Å². The number of rotatable bonds is 6. The van der Waals surface area contributed by atoms with Crippen LogP contribution in [-0.2, 0) is 14.4 Å². The van der Waals surface area contributed by atoms with E-state index in [1.54, 1.807) is 21.0 Å². The second-order valence-corrected chi connectivity index (χ2v) is 3.99. The molecule has 0 saturated carbocycles. The Morgan fingerprint density at radius 1 is 1.25 bits per heavy atom. The summed E-state index contributed by atoms with van der Waals surface area (Å²) >= 11 is 0. The van der Waals surface area contributed by atoms with Gasteiger partial charge < -0.3 is 15.0 Å². The van der Waals surface area contributed by atoms with E-state index in [0.29, 0.717) is 6.54 Å². The molecule has 0 aromatic heterocycles. The number of hydrogen-bond donors (Lipinski definition) is 1. The number of carbonyl (C=O) groups is 3. The number of hydrogen-bond acceptors (Lipinski definition) is 3. The highest BCUT2D eigenvalue weighted by atomic mass is 16.2. The van der Waals surface area contributed by atoms with Gasteiger partial charge in [-0.25, -0.2) is 0 Å². The zero-order chi connectivity index (χ0) is 12.7. The lowest BCUT2D eigenvalue weighted by Crippen LogP contribution is -2.37. The molecule has 0 aliphatic carbocycles. The minimum absolute atomic E-state index is 0.00102. The summed E-state index contributed by atoms with van der Waals surface area (Å²) in [5.41, 5.74) is 0. The van der Waals surface area contributed by atoms with E-state index in [1.165, 1.54) is 11.8 Å². The van der Waals surface area contributed by atoms with Crippen LogP contribution in [0, 0.1) is 5.92 Å². The molecule has 16 heavy (non-hydrogen) atoms. The van der Waals surface area contributed by atoms with Crippen LogP contribution in [0.2, 0.25) is 0 Å². The van der Waals surface area contributed by atoms with Crippen LogP contribution in [0.25, 0.3) is 0 Å². The molecule has 0 spiro atoms. The standard InChI is InChI=1S/C11H20N2O3/c1-8(11(16)12-3)7-13(4)10(15)6-5-9(2)14/h8H,5-7H2,1-4H3,(H,12,16). The van der Waals surface area contributed by atoms with Crippen molar-refractivity contribution in [2.45, 2.75) is 26.7 Å². The second-order valence-electron chi connectivity index (χ2n) is 3.99. The molecular formula is C11H20N2O3. The number of nitrogens with one attached hydrogen (secondary N) is 1. The molecule has 0 heterocycles. The Kier molecular flexibility index (Phi) is 6.37. The first-order chi connectivity index (χ1) is 7.38. The molecule has 0 bridgehead atoms. The molecule has 0 saturated heterocycles. The maximum atomic E-state index is 11.5. The van der Waals surface area contributed by atoms with Gasteiger partial charge in [0.2, 0.25) is 11.8 Å². The van der Waals surface area contributed by atoms with Gasteiger partial charge in [-0.05, 0) is 6.92 Å². The average Bonchev–Trinajstić information content (AvgIpc) is 2.24. The van der Waals surface area contributed by atoms with Crippen LogP contribution in [0.5, 0.6) is 0 Å². The molecule has 0 aromatic carbocycles. The lowest BCUT2D eigenvalue weighted by Gasteiger charge is -2.20. The molecule has 0 fully saturated rings. The largest absolute Gasteiger partial charge is 0.359 e. The van der Waals surface area contributed by atoms with Gasteiger partial charge in [0.1, 0.15) is 5.78 Å². The topological polar surface area (TPSA) is 66.5 Å². The third-order valence-electron chi connectivity index (χ3n) is 2.36. The fraction of sp³-hybridized carbons (Fsp3) is 0.727. The van der Waals surface area contributed by atoms with Crippen molar-refractivity contribution in [3.63, 3.8) is 0 Å². The van der Waals surface area contributed by atoms with Crippen LogP contribution < -0.4 is 5.32 Å². The van der Waals surface area contributed by atoms with Crippen molar-refractivity contribution in [3.8, 4) is 0 Å². The maximum Gasteiger partial charge on any atom is 0.224 e. The van der Waals surface area contributed by atoms with Gasteiger partial charge in [-0.3, -0.25) is 9.59 Å². The van der Waals surface area contributed by atoms with Gasteiger partial charge in [0.25, 0.3) is 0 Å². The predicted molar refractivity (Wildman–Crippen MR) is 60.8 cm³/mol. The van der Waals surface area contributed by atoms with Crippen LogP contribution in [0.1, 0.15) is 26.7 Å². The summed E-state index contributed by atoms with van der Waals surface area (Å²) in [5.74, 6) is -0.436. The number of Topliss-reactive ketones (excluding diaryl/α,β-unsaturated/α-hetero) is 1. The second kappa shape index (κ2) is 6.98. The Balaban J connectivity index is 4.04. The van der Waals surface area contributed by atoms with Gasteiger partial charge >= 0.3 is 0 Å². The van der Waals surface area contributed by atoms with E-state index in [4.69, 9.17) is 0 Å². The summed E-state index contributed by atoms with van der Waals surface area (Å²) in [5, 5.41) is 2.53. The molecule has 0 aliphatic heterocycles. The summed E-state index contributed by atoms with van der Waals surface area (Å²) < 4.78 is 0. The van der Waals surface area contributed by atoms with E-state index in [1.807, 2.05) is 0 Å². The molecule has 5 heteroatoms. The lowest BCUT2D eigenvalue weighted by molar-refractivity contribution is -0.133. The normalized spacial score (nSPS) is 11.8. The van der Waals surface area contributed by atoms with E-state index >= 15 is 0 Å². The van der Waals surface area contributed by atoms with Gasteiger partial charge in [0.15, 0.2) is 0 Å². The summed E-state index contributed by atoms with van der Waals surface area (Å²) in [6, 6.07) is 0. The van der Waals surface area contributed by atoms with Crippen molar-refractivity contribution in [1.29, 1.82) is 0 Å². The Morgan fingerprint density at radius 2 is 1.81 bits per heavy atom. The average molecular weight is 228 g/mol. The zero-order valence-electron chi connectivity index (χ0n) is 10.4. The monoisotopic (exact) mass is 228 g/mol. The van der Waals surface area contributed by atoms with E-state index in [0.717, 1.165) is 0 Å². The molecular weight excluding hydrogens is 208 g/mol. The van der Waals surface area contributed by atoms with Crippen molar-refractivity contribution in [3.05, 3.63) is 0 Å². The van der Waals surface area contributed by atoms with Crippen LogP contribution in [0.3, 0.4) is 0 Å². The van der Waals surface area contributed by atoms with Gasteiger partial charge in [-0.15, -0.1) is 0 Å². The first-order valence-electron chi connectivity index (χ1n) is 5.33. The molecule has 0 aromatic rings. The van der Waals surface area contributed by atoms with Crippen molar-refractivity contribution in [2.75, 3.05) is 20.6 Å². The number of carbonyl (C=O) groups excluding carboxylic acids is 3. The predicted octanol–water partition coefficient (Wildman–Crippen LogP) is 0.196. The van der Waals surface area contributed by atoms with Crippen molar-refractivity contribution in [2.24, 2.45) is 5.92 Å². The van der Waals surface area contributed by atoms with Crippen LogP contribution in [-0.4, -0.2) is 43.1 Å². The molecule has 2 amide bonds. The van der Waals surface area contributed by atoms with Crippen LogP contribution >= 0.6 is 0 Å². The summed E-state index contributed by atoms with van der Waals surface area (Å²) in [7, 11) is 3.21. The molecule has 0 radical (unpaired) electrons. The van der Waals surface area contributed by atoms with Crippen molar-refractivity contribution in [1.82, 2.24) is 10.2 Å². The third kappa shape index (κ3) is 5.48.